The quantitative estimate of drug-likeness (QED) is 0.156. The molecule has 3 heterocycles. The molecule has 1 unspecified atom stereocenters. The number of carbonyl (C=O) groups excluding carboxylic acids is 1. The largest absolute Gasteiger partial charge is 0.463 e. The molecule has 5 rings (SSSR count). The van der Waals surface area contributed by atoms with E-state index in [-0.39, 0.29) is 35.1 Å². The fourth-order valence-electron chi connectivity index (χ4n) is 3.77. The molecule has 12 nitrogen and oxygen atoms in total. The lowest BCUT2D eigenvalue weighted by atomic mass is 9.94. The van der Waals surface area contributed by atoms with Crippen molar-refractivity contribution in [2.45, 2.75) is 17.3 Å². The first-order valence-corrected chi connectivity index (χ1v) is 12.6. The van der Waals surface area contributed by atoms with E-state index >= 15 is 0 Å². The molecule has 0 spiro atoms. The molecule has 1 atom stereocenters. The van der Waals surface area contributed by atoms with Gasteiger partial charge in [-0.15, -0.1) is 10.2 Å². The predicted octanol–water partition coefficient (Wildman–Crippen LogP) is 3.72. The van der Waals surface area contributed by atoms with Gasteiger partial charge in [0.25, 0.3) is 5.69 Å². The maximum Gasteiger partial charge on any atom is 0.338 e. The van der Waals surface area contributed by atoms with E-state index in [9.17, 15) is 14.9 Å². The van der Waals surface area contributed by atoms with Crippen LogP contribution in [-0.4, -0.2) is 53.7 Å². The number of nitro benzene ring substituents is 1. The number of esters is 1. The van der Waals surface area contributed by atoms with Crippen LogP contribution in [0.1, 0.15) is 18.5 Å². The molecule has 1 aliphatic rings. The SMILES string of the molecule is CCOC(=O)C1=C(CSc2nnc(-c3ccccc3)s2)Nc2nnnn2C1c1ccccc1[N+](=O)[O-]. The number of ether oxygens (including phenoxy) is 1. The topological polar surface area (TPSA) is 151 Å². The molecule has 1 N–H and O–H groups in total. The average Bonchev–Trinajstić information content (AvgIpc) is 3.57. The Labute approximate surface area is 212 Å². The highest BCUT2D eigenvalue weighted by molar-refractivity contribution is 8.01. The highest BCUT2D eigenvalue weighted by atomic mass is 32.2. The summed E-state index contributed by atoms with van der Waals surface area (Å²) >= 11 is 2.80. The molecule has 182 valence electrons. The van der Waals surface area contributed by atoms with Gasteiger partial charge in [-0.1, -0.05) is 70.7 Å². The third kappa shape index (κ3) is 4.55. The number of thioether (sulfide) groups is 1. The number of nitro groups is 1. The zero-order valence-corrected chi connectivity index (χ0v) is 20.4. The maximum atomic E-state index is 13.2. The van der Waals surface area contributed by atoms with Crippen molar-refractivity contribution in [2.24, 2.45) is 0 Å². The van der Waals surface area contributed by atoms with E-state index in [1.54, 1.807) is 25.1 Å². The Balaban J connectivity index is 1.54. The van der Waals surface area contributed by atoms with Gasteiger partial charge in [0.1, 0.15) is 11.0 Å². The second-order valence-corrected chi connectivity index (χ2v) is 9.63. The van der Waals surface area contributed by atoms with E-state index in [0.29, 0.717) is 10.0 Å². The number of benzene rings is 2. The molecule has 14 heteroatoms. The summed E-state index contributed by atoms with van der Waals surface area (Å²) in [7, 11) is 0. The summed E-state index contributed by atoms with van der Waals surface area (Å²) in [5, 5.41) is 35.9. The van der Waals surface area contributed by atoms with E-state index in [4.69, 9.17) is 4.74 Å². The summed E-state index contributed by atoms with van der Waals surface area (Å²) in [5.41, 5.74) is 1.73. The van der Waals surface area contributed by atoms with E-state index < -0.39 is 16.9 Å². The number of fused-ring (bicyclic) bond motifs is 1. The van der Waals surface area contributed by atoms with E-state index in [1.807, 2.05) is 30.3 Å². The lowest BCUT2D eigenvalue weighted by Crippen LogP contribution is -2.31. The summed E-state index contributed by atoms with van der Waals surface area (Å²) in [5.74, 6) is -0.0853. The molecule has 0 aliphatic carbocycles. The molecule has 1 aliphatic heterocycles. The van der Waals surface area contributed by atoms with Crippen molar-refractivity contribution in [3.05, 3.63) is 81.5 Å². The summed E-state index contributed by atoms with van der Waals surface area (Å²) in [6, 6.07) is 14.9. The van der Waals surface area contributed by atoms with Gasteiger partial charge in [-0.3, -0.25) is 10.1 Å². The molecule has 0 saturated heterocycles. The van der Waals surface area contributed by atoms with Crippen molar-refractivity contribution in [3.8, 4) is 10.6 Å². The van der Waals surface area contributed by atoms with Crippen LogP contribution in [0.3, 0.4) is 0 Å². The fourth-order valence-corrected chi connectivity index (χ4v) is 5.59. The summed E-state index contributed by atoms with van der Waals surface area (Å²) < 4.78 is 7.39. The zero-order valence-electron chi connectivity index (χ0n) is 18.8. The number of para-hydroxylation sites is 1. The number of rotatable bonds is 8. The molecule has 0 amide bonds. The van der Waals surface area contributed by atoms with Crippen molar-refractivity contribution in [2.75, 3.05) is 17.7 Å². The van der Waals surface area contributed by atoms with Gasteiger partial charge in [-0.05, 0) is 23.4 Å². The molecule has 4 aromatic rings. The Bertz CT molecular complexity index is 1450. The molecule has 0 bridgehead atoms. The van der Waals surface area contributed by atoms with Crippen LogP contribution < -0.4 is 5.32 Å². The maximum absolute atomic E-state index is 13.2. The van der Waals surface area contributed by atoms with E-state index in [1.165, 1.54) is 33.8 Å². The van der Waals surface area contributed by atoms with Crippen molar-refractivity contribution in [1.29, 1.82) is 0 Å². The van der Waals surface area contributed by atoms with Gasteiger partial charge < -0.3 is 10.1 Å². The molecule has 36 heavy (non-hydrogen) atoms. The van der Waals surface area contributed by atoms with Gasteiger partial charge in [0.05, 0.1) is 22.7 Å². The lowest BCUT2D eigenvalue weighted by Gasteiger charge is -2.28. The Hall–Kier alpha value is -4.17. The van der Waals surface area contributed by atoms with Gasteiger partial charge >= 0.3 is 5.97 Å². The Kier molecular flexibility index (Phi) is 6.69. The highest BCUT2D eigenvalue weighted by Gasteiger charge is 2.39. The monoisotopic (exact) mass is 522 g/mol. The Morgan fingerprint density at radius 1 is 1.17 bits per heavy atom. The van der Waals surface area contributed by atoms with Crippen LogP contribution in [0.5, 0.6) is 0 Å². The normalized spacial score (nSPS) is 14.8. The number of hydrogen-bond donors (Lipinski definition) is 1. The van der Waals surface area contributed by atoms with Gasteiger partial charge in [0, 0.05) is 23.1 Å². The number of hydrogen-bond acceptors (Lipinski definition) is 12. The standard InChI is InChI=1S/C22H18N8O4S2/c1-2-34-20(31)17-15(12-35-22-26-24-19(36-22)13-8-4-3-5-9-13)23-21-25-27-28-29(21)18(17)14-10-6-7-11-16(14)30(32)33/h3-11,18H,2,12H2,1H3,(H,23,25,28). The van der Waals surface area contributed by atoms with Crippen LogP contribution in [0.25, 0.3) is 10.6 Å². The van der Waals surface area contributed by atoms with Gasteiger partial charge in [0.2, 0.25) is 5.95 Å². The van der Waals surface area contributed by atoms with Crippen molar-refractivity contribution >= 4 is 40.7 Å². The number of anilines is 1. The Morgan fingerprint density at radius 3 is 2.72 bits per heavy atom. The number of nitrogens with zero attached hydrogens (tertiary/aromatic N) is 7. The predicted molar refractivity (Wildman–Crippen MR) is 132 cm³/mol. The lowest BCUT2D eigenvalue weighted by molar-refractivity contribution is -0.385. The van der Waals surface area contributed by atoms with E-state index in [0.717, 1.165) is 10.6 Å². The summed E-state index contributed by atoms with van der Waals surface area (Å²) in [6.45, 7) is 1.82. The summed E-state index contributed by atoms with van der Waals surface area (Å²) in [4.78, 5) is 24.5. The van der Waals surface area contributed by atoms with E-state index in [2.05, 4.69) is 31.0 Å². The number of aromatic nitrogens is 6. The second-order valence-electron chi connectivity index (χ2n) is 7.43. The molecular formula is C22H18N8O4S2. The minimum absolute atomic E-state index is 0.131. The first kappa shape index (κ1) is 23.6. The fraction of sp³-hybridized carbons (Fsp3) is 0.182. The minimum atomic E-state index is -0.957. The third-order valence-corrected chi connectivity index (χ3v) is 7.42. The number of nitrogens with one attached hydrogen (secondary N) is 1. The van der Waals surface area contributed by atoms with Crippen molar-refractivity contribution < 1.29 is 14.5 Å². The number of tetrazole rings is 1. The molecule has 2 aromatic carbocycles. The second kappa shape index (κ2) is 10.2. The van der Waals surface area contributed by atoms with Crippen LogP contribution in [0.4, 0.5) is 11.6 Å². The first-order chi connectivity index (χ1) is 17.6. The molecule has 0 saturated carbocycles. The van der Waals surface area contributed by atoms with Crippen LogP contribution in [0.15, 0.2) is 70.2 Å². The average molecular weight is 523 g/mol. The summed E-state index contributed by atoms with van der Waals surface area (Å²) in [6.07, 6.45) is 0. The van der Waals surface area contributed by atoms with Gasteiger partial charge in [-0.25, -0.2) is 4.79 Å². The first-order valence-electron chi connectivity index (χ1n) is 10.8. The molecule has 0 radical (unpaired) electrons. The highest BCUT2D eigenvalue weighted by Crippen LogP contribution is 2.40. The van der Waals surface area contributed by atoms with Crippen LogP contribution >= 0.6 is 23.1 Å². The van der Waals surface area contributed by atoms with Crippen LogP contribution in [0, 0.1) is 10.1 Å². The van der Waals surface area contributed by atoms with Crippen molar-refractivity contribution in [1.82, 2.24) is 30.4 Å². The minimum Gasteiger partial charge on any atom is -0.463 e. The van der Waals surface area contributed by atoms with Crippen LogP contribution in [0.2, 0.25) is 0 Å². The van der Waals surface area contributed by atoms with Gasteiger partial charge in [-0.2, -0.15) is 4.68 Å². The van der Waals surface area contributed by atoms with Crippen LogP contribution in [-0.2, 0) is 9.53 Å². The molecular weight excluding hydrogens is 504 g/mol. The Morgan fingerprint density at radius 2 is 1.94 bits per heavy atom. The zero-order chi connectivity index (χ0) is 25.1. The smallest absolute Gasteiger partial charge is 0.338 e. The number of carbonyl (C=O) groups is 1. The molecule has 2 aromatic heterocycles. The third-order valence-electron chi connectivity index (χ3n) is 5.29. The van der Waals surface area contributed by atoms with Gasteiger partial charge in [0.15, 0.2) is 4.34 Å². The van der Waals surface area contributed by atoms with Crippen molar-refractivity contribution in [3.63, 3.8) is 0 Å². The molecule has 0 fully saturated rings.